The van der Waals surface area contributed by atoms with Crippen LogP contribution in [0, 0.1) is 17.0 Å². The number of ketones is 1. The van der Waals surface area contributed by atoms with Gasteiger partial charge in [-0.1, -0.05) is 36.4 Å². The molecule has 1 fully saturated rings. The third-order valence-electron chi connectivity index (χ3n) is 5.90. The fourth-order valence-corrected chi connectivity index (χ4v) is 4.12. The largest absolute Gasteiger partial charge is 0.507 e. The average molecular weight is 457 g/mol. The molecule has 1 heterocycles. The third-order valence-corrected chi connectivity index (χ3v) is 5.90. The van der Waals surface area contributed by atoms with Gasteiger partial charge >= 0.3 is 0 Å². The lowest BCUT2D eigenvalue weighted by atomic mass is 9.92. The highest BCUT2D eigenvalue weighted by atomic mass is 16.6. The molecule has 1 aliphatic rings. The minimum Gasteiger partial charge on any atom is -0.507 e. The summed E-state index contributed by atoms with van der Waals surface area (Å²) in [6.07, 6.45) is 0. The number of hydrogen-bond acceptors (Lipinski definition) is 6. The molecule has 1 N–H and O–H groups in total. The molecule has 1 aliphatic heterocycles. The smallest absolute Gasteiger partial charge is 0.300 e. The number of non-ortho nitro benzene ring substituents is 1. The van der Waals surface area contributed by atoms with Crippen LogP contribution in [0.2, 0.25) is 0 Å². The lowest BCUT2D eigenvalue weighted by Gasteiger charge is -2.27. The van der Waals surface area contributed by atoms with Crippen molar-refractivity contribution < 1.29 is 19.6 Å². The zero-order valence-corrected chi connectivity index (χ0v) is 18.9. The molecule has 0 aliphatic carbocycles. The highest BCUT2D eigenvalue weighted by Gasteiger charge is 2.47. The van der Waals surface area contributed by atoms with Gasteiger partial charge in [0.1, 0.15) is 5.76 Å². The zero-order valence-electron chi connectivity index (χ0n) is 18.9. The summed E-state index contributed by atoms with van der Waals surface area (Å²) in [4.78, 5) is 40.4. The Hall–Kier alpha value is -4.46. The average Bonchev–Trinajstić information content (AvgIpc) is 3.09. The predicted molar refractivity (Wildman–Crippen MR) is 130 cm³/mol. The summed E-state index contributed by atoms with van der Waals surface area (Å²) in [6.45, 7) is 1.86. The number of rotatable bonds is 5. The van der Waals surface area contributed by atoms with E-state index in [1.165, 1.54) is 29.2 Å². The minimum absolute atomic E-state index is 0.0914. The number of nitro groups is 1. The molecule has 1 unspecified atom stereocenters. The number of carbonyl (C=O) groups excluding carboxylic acids is 2. The van der Waals surface area contributed by atoms with Gasteiger partial charge in [-0.2, -0.15) is 0 Å². The molecule has 1 atom stereocenters. The highest BCUT2D eigenvalue weighted by Crippen LogP contribution is 2.43. The van der Waals surface area contributed by atoms with Gasteiger partial charge in [0.05, 0.1) is 16.5 Å². The number of hydrogen-bond donors (Lipinski definition) is 1. The maximum Gasteiger partial charge on any atom is 0.300 e. The zero-order chi connectivity index (χ0) is 24.6. The molecule has 1 amide bonds. The summed E-state index contributed by atoms with van der Waals surface area (Å²) >= 11 is 0. The van der Waals surface area contributed by atoms with Crippen LogP contribution in [0.4, 0.5) is 17.1 Å². The molecule has 34 heavy (non-hydrogen) atoms. The first-order valence-corrected chi connectivity index (χ1v) is 10.6. The van der Waals surface area contributed by atoms with Gasteiger partial charge in [-0.3, -0.25) is 24.6 Å². The number of anilines is 2. The summed E-state index contributed by atoms with van der Waals surface area (Å²) in [5.41, 5.74) is 2.67. The Morgan fingerprint density at radius 3 is 2.29 bits per heavy atom. The number of aryl methyl sites for hydroxylation is 1. The van der Waals surface area contributed by atoms with Crippen LogP contribution in [-0.2, 0) is 9.59 Å². The molecule has 1 saturated heterocycles. The fourth-order valence-electron chi connectivity index (χ4n) is 4.12. The minimum atomic E-state index is -0.898. The summed E-state index contributed by atoms with van der Waals surface area (Å²) in [5.74, 6) is -2.09. The molecule has 0 radical (unpaired) electrons. The van der Waals surface area contributed by atoms with Crippen molar-refractivity contribution in [3.8, 4) is 0 Å². The molecule has 4 rings (SSSR count). The van der Waals surface area contributed by atoms with Crippen LogP contribution in [0.1, 0.15) is 22.7 Å². The van der Waals surface area contributed by atoms with Crippen LogP contribution in [0.25, 0.3) is 5.76 Å². The van der Waals surface area contributed by atoms with E-state index in [1.54, 1.807) is 24.3 Å². The molecule has 0 bridgehead atoms. The summed E-state index contributed by atoms with van der Waals surface area (Å²) in [7, 11) is 3.79. The molecule has 0 saturated carbocycles. The van der Waals surface area contributed by atoms with E-state index >= 15 is 0 Å². The molecular weight excluding hydrogens is 434 g/mol. The van der Waals surface area contributed by atoms with Gasteiger partial charge in [0.15, 0.2) is 0 Å². The highest BCUT2D eigenvalue weighted by molar-refractivity contribution is 6.51. The number of aliphatic hydroxyl groups excluding tert-OH is 1. The lowest BCUT2D eigenvalue weighted by Crippen LogP contribution is -2.29. The van der Waals surface area contributed by atoms with Crippen molar-refractivity contribution in [3.63, 3.8) is 0 Å². The predicted octanol–water partition coefficient (Wildman–Crippen LogP) is 4.60. The number of nitrogens with zero attached hydrogens (tertiary/aromatic N) is 3. The van der Waals surface area contributed by atoms with E-state index in [2.05, 4.69) is 0 Å². The Morgan fingerprint density at radius 1 is 1.00 bits per heavy atom. The molecular formula is C26H23N3O5. The van der Waals surface area contributed by atoms with Crippen LogP contribution in [-0.4, -0.2) is 35.8 Å². The molecule has 8 nitrogen and oxygen atoms in total. The van der Waals surface area contributed by atoms with Crippen molar-refractivity contribution in [3.05, 3.63) is 105 Å². The van der Waals surface area contributed by atoms with Gasteiger partial charge in [0, 0.05) is 43.2 Å². The van der Waals surface area contributed by atoms with Crippen LogP contribution < -0.4 is 9.80 Å². The Balaban J connectivity index is 1.94. The topological polar surface area (TPSA) is 104 Å². The molecule has 3 aromatic rings. The molecule has 172 valence electrons. The van der Waals surface area contributed by atoms with Gasteiger partial charge in [-0.15, -0.1) is 0 Å². The number of aliphatic hydroxyl groups is 1. The van der Waals surface area contributed by atoms with Gasteiger partial charge in [0.25, 0.3) is 17.4 Å². The van der Waals surface area contributed by atoms with E-state index < -0.39 is 28.4 Å². The van der Waals surface area contributed by atoms with Gasteiger partial charge in [0.2, 0.25) is 0 Å². The number of Topliss-reactive ketones (excluding diaryl/α,β-unsaturated/α-hetero) is 1. The molecule has 3 aromatic carbocycles. The Bertz CT molecular complexity index is 1330. The molecule has 0 spiro atoms. The quantitative estimate of drug-likeness (QED) is 0.198. The van der Waals surface area contributed by atoms with Crippen molar-refractivity contribution in [2.45, 2.75) is 13.0 Å². The van der Waals surface area contributed by atoms with Gasteiger partial charge in [-0.05, 0) is 42.3 Å². The second-order valence-electron chi connectivity index (χ2n) is 8.24. The van der Waals surface area contributed by atoms with Crippen molar-refractivity contribution in [2.75, 3.05) is 23.9 Å². The van der Waals surface area contributed by atoms with E-state index in [1.807, 2.05) is 50.2 Å². The molecule has 0 aromatic heterocycles. The summed E-state index contributed by atoms with van der Waals surface area (Å²) in [5, 5.41) is 22.4. The van der Waals surface area contributed by atoms with Crippen LogP contribution in [0.5, 0.6) is 0 Å². The van der Waals surface area contributed by atoms with E-state index in [9.17, 15) is 24.8 Å². The monoisotopic (exact) mass is 457 g/mol. The SMILES string of the molecule is Cc1ccccc1C1/C(=C(\O)c2cccc([N+](=O)[O-])c2)C(=O)C(=O)N1c1ccc(N(C)C)cc1. The van der Waals surface area contributed by atoms with E-state index in [0.717, 1.165) is 11.3 Å². The van der Waals surface area contributed by atoms with E-state index in [-0.39, 0.29) is 16.8 Å². The first-order valence-electron chi connectivity index (χ1n) is 10.6. The first-order chi connectivity index (χ1) is 16.2. The maximum atomic E-state index is 13.3. The van der Waals surface area contributed by atoms with E-state index in [4.69, 9.17) is 0 Å². The van der Waals surface area contributed by atoms with Crippen LogP contribution in [0.3, 0.4) is 0 Å². The molecule has 8 heteroatoms. The summed E-state index contributed by atoms with van der Waals surface area (Å²) < 4.78 is 0. The van der Waals surface area contributed by atoms with Crippen molar-refractivity contribution in [1.82, 2.24) is 0 Å². The van der Waals surface area contributed by atoms with Crippen molar-refractivity contribution >= 4 is 34.5 Å². The third kappa shape index (κ3) is 3.90. The maximum absolute atomic E-state index is 13.3. The Morgan fingerprint density at radius 2 is 1.68 bits per heavy atom. The Kier molecular flexibility index (Phi) is 5.89. The van der Waals surface area contributed by atoms with Gasteiger partial charge < -0.3 is 10.0 Å². The number of benzene rings is 3. The number of carbonyl (C=O) groups is 2. The number of nitro benzene ring substituents is 1. The standard InChI is InChI=1S/C26H23N3O5/c1-16-7-4-5-10-21(16)23-22(24(30)17-8-6-9-20(15-17)29(33)34)25(31)26(32)28(23)19-13-11-18(12-14-19)27(2)3/h4-15,23,30H,1-3H3/b24-22+. The lowest BCUT2D eigenvalue weighted by molar-refractivity contribution is -0.384. The second kappa shape index (κ2) is 8.82. The number of amides is 1. The van der Waals surface area contributed by atoms with Crippen LogP contribution in [0.15, 0.2) is 78.4 Å². The van der Waals surface area contributed by atoms with Crippen LogP contribution >= 0.6 is 0 Å². The second-order valence-corrected chi connectivity index (χ2v) is 8.24. The Labute approximate surface area is 196 Å². The van der Waals surface area contributed by atoms with Gasteiger partial charge in [-0.25, -0.2) is 0 Å². The van der Waals surface area contributed by atoms with Crippen molar-refractivity contribution in [2.24, 2.45) is 0 Å². The normalized spacial score (nSPS) is 17.1. The van der Waals surface area contributed by atoms with Crippen molar-refractivity contribution in [1.29, 1.82) is 0 Å². The summed E-state index contributed by atoms with van der Waals surface area (Å²) in [6, 6.07) is 18.9. The first kappa shape index (κ1) is 22.7. The fraction of sp³-hybridized carbons (Fsp3) is 0.154. The van der Waals surface area contributed by atoms with E-state index in [0.29, 0.717) is 11.3 Å².